The maximum absolute atomic E-state index is 12.2. The topological polar surface area (TPSA) is 67.6 Å². The van der Waals surface area contributed by atoms with Crippen molar-refractivity contribution in [3.05, 3.63) is 60.2 Å². The smallest absolute Gasteiger partial charge is 0.238 e. The van der Waals surface area contributed by atoms with Gasteiger partial charge < -0.3 is 15.8 Å². The van der Waals surface area contributed by atoms with Gasteiger partial charge in [-0.05, 0) is 36.2 Å². The average Bonchev–Trinajstić information content (AvgIpc) is 2.61. The van der Waals surface area contributed by atoms with E-state index in [2.05, 4.69) is 22.3 Å². The maximum atomic E-state index is 12.2. The van der Waals surface area contributed by atoms with Gasteiger partial charge in [-0.15, -0.1) is 0 Å². The quantitative estimate of drug-likeness (QED) is 0.740. The van der Waals surface area contributed by atoms with Crippen LogP contribution in [0.25, 0.3) is 0 Å². The molecule has 5 nitrogen and oxygen atoms in total. The van der Waals surface area contributed by atoms with Crippen molar-refractivity contribution in [1.29, 1.82) is 0 Å². The van der Waals surface area contributed by atoms with Crippen LogP contribution in [0.15, 0.2) is 54.6 Å². The van der Waals surface area contributed by atoms with E-state index in [9.17, 15) is 4.79 Å². The van der Waals surface area contributed by atoms with Crippen molar-refractivity contribution in [1.82, 2.24) is 4.90 Å². The molecule has 0 spiro atoms. The Morgan fingerprint density at radius 1 is 1.08 bits per heavy atom. The fraction of sp³-hybridized carbons (Fsp3) is 0.316. The molecule has 0 saturated carbocycles. The number of carbonyl (C=O) groups is 1. The van der Waals surface area contributed by atoms with Crippen molar-refractivity contribution in [3.8, 4) is 5.75 Å². The number of nitrogens with zero attached hydrogens (tertiary/aromatic N) is 1. The van der Waals surface area contributed by atoms with Crippen molar-refractivity contribution in [2.24, 2.45) is 5.73 Å². The van der Waals surface area contributed by atoms with Gasteiger partial charge in [-0.2, -0.15) is 0 Å². The number of methoxy groups -OCH3 is 1. The van der Waals surface area contributed by atoms with E-state index in [0.717, 1.165) is 24.4 Å². The molecule has 0 bridgehead atoms. The maximum Gasteiger partial charge on any atom is 0.238 e. The van der Waals surface area contributed by atoms with Gasteiger partial charge in [-0.25, -0.2) is 0 Å². The van der Waals surface area contributed by atoms with Crippen LogP contribution in [0.2, 0.25) is 0 Å². The first-order valence-electron chi connectivity index (χ1n) is 8.11. The Kier molecular flexibility index (Phi) is 7.26. The SMILES string of the molecule is COc1ccc(NC(=O)CN(CCN)CCc2ccccc2)cc1. The third-order valence-electron chi connectivity index (χ3n) is 3.75. The van der Waals surface area contributed by atoms with Crippen molar-refractivity contribution in [2.45, 2.75) is 6.42 Å². The molecule has 0 aliphatic carbocycles. The van der Waals surface area contributed by atoms with E-state index in [1.165, 1.54) is 5.56 Å². The van der Waals surface area contributed by atoms with Gasteiger partial charge in [-0.1, -0.05) is 30.3 Å². The second-order valence-electron chi connectivity index (χ2n) is 5.58. The molecule has 0 aromatic heterocycles. The van der Waals surface area contributed by atoms with Crippen molar-refractivity contribution < 1.29 is 9.53 Å². The molecule has 2 aromatic carbocycles. The summed E-state index contributed by atoms with van der Waals surface area (Å²) in [6.07, 6.45) is 0.899. The molecule has 128 valence electrons. The third-order valence-corrected chi connectivity index (χ3v) is 3.75. The van der Waals surface area contributed by atoms with Crippen LogP contribution < -0.4 is 15.8 Å². The Labute approximate surface area is 143 Å². The molecule has 2 aromatic rings. The van der Waals surface area contributed by atoms with Crippen LogP contribution in [0, 0.1) is 0 Å². The number of benzene rings is 2. The van der Waals surface area contributed by atoms with E-state index in [4.69, 9.17) is 10.5 Å². The van der Waals surface area contributed by atoms with Gasteiger partial charge in [0.1, 0.15) is 5.75 Å². The van der Waals surface area contributed by atoms with Crippen LogP contribution >= 0.6 is 0 Å². The summed E-state index contributed by atoms with van der Waals surface area (Å²) in [6.45, 7) is 2.36. The summed E-state index contributed by atoms with van der Waals surface area (Å²) in [7, 11) is 1.62. The van der Waals surface area contributed by atoms with Gasteiger partial charge in [0.25, 0.3) is 0 Å². The van der Waals surface area contributed by atoms with Crippen molar-refractivity contribution in [2.75, 3.05) is 38.6 Å². The Bertz CT molecular complexity index is 614. The molecule has 3 N–H and O–H groups in total. The fourth-order valence-electron chi connectivity index (χ4n) is 2.46. The summed E-state index contributed by atoms with van der Waals surface area (Å²) in [5.41, 5.74) is 7.69. The van der Waals surface area contributed by atoms with Crippen LogP contribution in [-0.2, 0) is 11.2 Å². The lowest BCUT2D eigenvalue weighted by Gasteiger charge is -2.21. The largest absolute Gasteiger partial charge is 0.497 e. The molecule has 0 saturated heterocycles. The molecule has 0 aliphatic rings. The highest BCUT2D eigenvalue weighted by Crippen LogP contribution is 2.14. The lowest BCUT2D eigenvalue weighted by Crippen LogP contribution is -2.37. The number of anilines is 1. The predicted molar refractivity (Wildman–Crippen MR) is 97.3 cm³/mol. The van der Waals surface area contributed by atoms with E-state index >= 15 is 0 Å². The zero-order chi connectivity index (χ0) is 17.2. The number of nitrogens with one attached hydrogen (secondary N) is 1. The van der Waals surface area contributed by atoms with Crippen LogP contribution in [0.5, 0.6) is 5.75 Å². The normalized spacial score (nSPS) is 10.6. The molecule has 0 unspecified atom stereocenters. The summed E-state index contributed by atoms with van der Waals surface area (Å²) in [5.74, 6) is 0.724. The Morgan fingerprint density at radius 2 is 1.79 bits per heavy atom. The highest BCUT2D eigenvalue weighted by molar-refractivity contribution is 5.92. The van der Waals surface area contributed by atoms with Crippen LogP contribution in [0.1, 0.15) is 5.56 Å². The molecule has 0 fully saturated rings. The average molecular weight is 327 g/mol. The minimum atomic E-state index is -0.0401. The van der Waals surface area contributed by atoms with Crippen LogP contribution in [0.4, 0.5) is 5.69 Å². The summed E-state index contributed by atoms with van der Waals surface area (Å²) in [4.78, 5) is 14.3. The summed E-state index contributed by atoms with van der Waals surface area (Å²) >= 11 is 0. The molecule has 1 amide bonds. The number of carbonyl (C=O) groups excluding carboxylic acids is 1. The number of hydrogen-bond donors (Lipinski definition) is 2. The second kappa shape index (κ2) is 9.70. The lowest BCUT2D eigenvalue weighted by atomic mass is 10.1. The zero-order valence-corrected chi connectivity index (χ0v) is 14.1. The standard InChI is InChI=1S/C19H25N3O2/c1-24-18-9-7-17(8-10-18)21-19(23)15-22(14-12-20)13-11-16-5-3-2-4-6-16/h2-10H,11-15,20H2,1H3,(H,21,23). The highest BCUT2D eigenvalue weighted by Gasteiger charge is 2.10. The fourth-order valence-corrected chi connectivity index (χ4v) is 2.46. The summed E-state index contributed by atoms with van der Waals surface area (Å²) < 4.78 is 5.11. The summed E-state index contributed by atoms with van der Waals surface area (Å²) in [6, 6.07) is 17.5. The number of nitrogens with two attached hydrogens (primary N) is 1. The molecular weight excluding hydrogens is 302 g/mol. The first-order valence-corrected chi connectivity index (χ1v) is 8.11. The van der Waals surface area contributed by atoms with Crippen molar-refractivity contribution >= 4 is 11.6 Å². The predicted octanol–water partition coefficient (Wildman–Crippen LogP) is 2.14. The van der Waals surface area contributed by atoms with E-state index in [0.29, 0.717) is 19.6 Å². The molecule has 0 radical (unpaired) electrons. The molecule has 0 aliphatic heterocycles. The molecule has 0 atom stereocenters. The number of hydrogen-bond acceptors (Lipinski definition) is 4. The Balaban J connectivity index is 1.85. The first kappa shape index (κ1) is 18.0. The van der Waals surface area contributed by atoms with E-state index in [-0.39, 0.29) is 5.91 Å². The minimum absolute atomic E-state index is 0.0401. The first-order chi connectivity index (χ1) is 11.7. The van der Waals surface area contributed by atoms with E-state index < -0.39 is 0 Å². The number of amides is 1. The molecule has 24 heavy (non-hydrogen) atoms. The van der Waals surface area contributed by atoms with E-state index in [1.54, 1.807) is 7.11 Å². The van der Waals surface area contributed by atoms with Gasteiger partial charge in [0.15, 0.2) is 0 Å². The van der Waals surface area contributed by atoms with Gasteiger partial charge in [-0.3, -0.25) is 9.69 Å². The van der Waals surface area contributed by atoms with Crippen LogP contribution in [0.3, 0.4) is 0 Å². The minimum Gasteiger partial charge on any atom is -0.497 e. The molecule has 2 rings (SSSR count). The number of rotatable bonds is 9. The van der Waals surface area contributed by atoms with Crippen molar-refractivity contribution in [3.63, 3.8) is 0 Å². The number of ether oxygens (including phenoxy) is 1. The second-order valence-corrected chi connectivity index (χ2v) is 5.58. The molecule has 0 heterocycles. The Hall–Kier alpha value is -2.37. The monoisotopic (exact) mass is 327 g/mol. The Morgan fingerprint density at radius 3 is 2.42 bits per heavy atom. The molecular formula is C19H25N3O2. The molecule has 5 heteroatoms. The van der Waals surface area contributed by atoms with Gasteiger partial charge in [0, 0.05) is 25.3 Å². The van der Waals surface area contributed by atoms with E-state index in [1.807, 2.05) is 42.5 Å². The zero-order valence-electron chi connectivity index (χ0n) is 14.1. The third kappa shape index (κ3) is 6.02. The van der Waals surface area contributed by atoms with Gasteiger partial charge >= 0.3 is 0 Å². The van der Waals surface area contributed by atoms with Crippen LogP contribution in [-0.4, -0.2) is 44.1 Å². The highest BCUT2D eigenvalue weighted by atomic mass is 16.5. The summed E-state index contributed by atoms with van der Waals surface area (Å²) in [5, 5.41) is 2.90. The van der Waals surface area contributed by atoms with Gasteiger partial charge in [0.05, 0.1) is 13.7 Å². The lowest BCUT2D eigenvalue weighted by molar-refractivity contribution is -0.117. The van der Waals surface area contributed by atoms with Gasteiger partial charge in [0.2, 0.25) is 5.91 Å².